The Kier molecular flexibility index (Phi) is 9.12. The van der Waals surface area contributed by atoms with Crippen molar-refractivity contribution < 1.29 is 19.8 Å². The van der Waals surface area contributed by atoms with Gasteiger partial charge in [0.25, 0.3) is 11.8 Å². The summed E-state index contributed by atoms with van der Waals surface area (Å²) in [5.74, 6) is 0.0452. The second-order valence-corrected chi connectivity index (χ2v) is 10.1. The molecule has 0 aromatic heterocycles. The van der Waals surface area contributed by atoms with E-state index in [-0.39, 0.29) is 22.6 Å². The average molecular weight is 489 g/mol. The molecule has 3 rings (SSSR count). The Morgan fingerprint density at radius 1 is 0.667 bits per heavy atom. The third-order valence-electron chi connectivity index (χ3n) is 6.01. The molecule has 0 radical (unpaired) electrons. The van der Waals surface area contributed by atoms with Gasteiger partial charge in [-0.3, -0.25) is 9.59 Å². The molecule has 36 heavy (non-hydrogen) atoms. The van der Waals surface area contributed by atoms with Crippen LogP contribution < -0.4 is 10.6 Å². The Bertz CT molecular complexity index is 1130. The Morgan fingerprint density at radius 3 is 1.47 bits per heavy atom. The van der Waals surface area contributed by atoms with Crippen molar-refractivity contribution in [3.63, 3.8) is 0 Å². The molecule has 0 spiro atoms. The molecular weight excluding hydrogens is 452 g/mol. The minimum absolute atomic E-state index is 0.0851. The number of hydrogen-bond acceptors (Lipinski definition) is 4. The van der Waals surface area contributed by atoms with E-state index in [1.807, 2.05) is 12.1 Å². The molecule has 0 saturated carbocycles. The number of carbonyl (C=O) groups is 2. The molecular formula is C30H36N2O4. The predicted molar refractivity (Wildman–Crippen MR) is 145 cm³/mol. The molecule has 0 heterocycles. The van der Waals surface area contributed by atoms with E-state index in [1.54, 1.807) is 48.5 Å². The number of aryl methyl sites for hydroxylation is 2. The summed E-state index contributed by atoms with van der Waals surface area (Å²) >= 11 is 0. The van der Waals surface area contributed by atoms with Crippen molar-refractivity contribution in [1.82, 2.24) is 0 Å². The summed E-state index contributed by atoms with van der Waals surface area (Å²) in [6.07, 6.45) is 3.63. The minimum Gasteiger partial charge on any atom is -0.507 e. The van der Waals surface area contributed by atoms with Gasteiger partial charge in [-0.1, -0.05) is 45.9 Å². The molecule has 6 heteroatoms. The number of carbonyl (C=O) groups excluding carboxylic acids is 2. The number of anilines is 2. The Hall–Kier alpha value is -3.80. The second kappa shape index (κ2) is 12.2. The van der Waals surface area contributed by atoms with E-state index >= 15 is 0 Å². The summed E-state index contributed by atoms with van der Waals surface area (Å²) in [6, 6.07) is 16.9. The van der Waals surface area contributed by atoms with Crippen molar-refractivity contribution >= 4 is 23.2 Å². The van der Waals surface area contributed by atoms with Gasteiger partial charge in [-0.25, -0.2) is 0 Å². The summed E-state index contributed by atoms with van der Waals surface area (Å²) in [4.78, 5) is 25.8. The van der Waals surface area contributed by atoms with Gasteiger partial charge in [0.15, 0.2) is 0 Å². The summed E-state index contributed by atoms with van der Waals surface area (Å²) in [6.45, 7) is 8.57. The quantitative estimate of drug-likeness (QED) is 0.253. The fourth-order valence-electron chi connectivity index (χ4n) is 3.82. The van der Waals surface area contributed by atoms with E-state index in [2.05, 4.69) is 38.3 Å². The van der Waals surface area contributed by atoms with E-state index < -0.39 is 11.8 Å². The highest BCUT2D eigenvalue weighted by Crippen LogP contribution is 2.25. The lowest BCUT2D eigenvalue weighted by Crippen LogP contribution is -2.14. The van der Waals surface area contributed by atoms with Crippen molar-refractivity contribution in [3.05, 3.63) is 82.9 Å². The van der Waals surface area contributed by atoms with E-state index in [1.165, 1.54) is 0 Å². The monoisotopic (exact) mass is 488 g/mol. The van der Waals surface area contributed by atoms with Gasteiger partial charge < -0.3 is 20.8 Å². The van der Waals surface area contributed by atoms with Crippen LogP contribution in [0.4, 0.5) is 11.4 Å². The molecule has 0 atom stereocenters. The second-order valence-electron chi connectivity index (χ2n) is 10.1. The van der Waals surface area contributed by atoms with Gasteiger partial charge in [-0.05, 0) is 91.1 Å². The van der Waals surface area contributed by atoms with Gasteiger partial charge in [0.05, 0.1) is 11.1 Å². The zero-order valence-electron chi connectivity index (χ0n) is 21.5. The van der Waals surface area contributed by atoms with Crippen LogP contribution in [0.3, 0.4) is 0 Å². The first-order valence-corrected chi connectivity index (χ1v) is 12.5. The largest absolute Gasteiger partial charge is 0.507 e. The van der Waals surface area contributed by atoms with Crippen LogP contribution in [0.2, 0.25) is 0 Å². The smallest absolute Gasteiger partial charge is 0.259 e. The molecule has 3 aromatic carbocycles. The molecule has 0 aliphatic heterocycles. The lowest BCUT2D eigenvalue weighted by Gasteiger charge is -2.12. The van der Waals surface area contributed by atoms with E-state index in [9.17, 15) is 19.8 Å². The highest BCUT2D eigenvalue weighted by Gasteiger charge is 2.15. The summed E-state index contributed by atoms with van der Waals surface area (Å²) in [5, 5.41) is 26.1. The first kappa shape index (κ1) is 26.8. The molecule has 0 bridgehead atoms. The molecule has 2 amide bonds. The number of phenols is 2. The first-order valence-electron chi connectivity index (χ1n) is 12.5. The SMILES string of the molecule is CC(C)CCc1ccc(O)c(C(=O)Nc2cccc(NC(=O)c3cc(CCC(C)C)ccc3O)c2)c1. The molecule has 0 fully saturated rings. The van der Waals surface area contributed by atoms with Crippen LogP contribution >= 0.6 is 0 Å². The van der Waals surface area contributed by atoms with Crippen molar-refractivity contribution in [3.8, 4) is 11.5 Å². The van der Waals surface area contributed by atoms with Crippen molar-refractivity contribution in [2.45, 2.75) is 53.4 Å². The van der Waals surface area contributed by atoms with Gasteiger partial charge in [-0.15, -0.1) is 0 Å². The molecule has 0 aliphatic carbocycles. The van der Waals surface area contributed by atoms with Crippen LogP contribution in [0, 0.1) is 11.8 Å². The summed E-state index contributed by atoms with van der Waals surface area (Å²) < 4.78 is 0. The highest BCUT2D eigenvalue weighted by molar-refractivity contribution is 6.08. The third-order valence-corrected chi connectivity index (χ3v) is 6.01. The normalized spacial score (nSPS) is 11.1. The average Bonchev–Trinajstić information content (AvgIpc) is 2.83. The van der Waals surface area contributed by atoms with E-state index in [0.29, 0.717) is 23.2 Å². The summed E-state index contributed by atoms with van der Waals surface area (Å²) in [5.41, 5.74) is 3.33. The Balaban J connectivity index is 1.71. The number of benzene rings is 3. The van der Waals surface area contributed by atoms with Crippen molar-refractivity contribution in [2.75, 3.05) is 10.6 Å². The summed E-state index contributed by atoms with van der Waals surface area (Å²) in [7, 11) is 0. The van der Waals surface area contributed by atoms with Gasteiger partial charge in [-0.2, -0.15) is 0 Å². The first-order chi connectivity index (χ1) is 17.1. The van der Waals surface area contributed by atoms with E-state index in [4.69, 9.17) is 0 Å². The van der Waals surface area contributed by atoms with Crippen LogP contribution in [0.15, 0.2) is 60.7 Å². The minimum atomic E-state index is -0.433. The number of aromatic hydroxyl groups is 2. The molecule has 0 unspecified atom stereocenters. The van der Waals surface area contributed by atoms with Crippen LogP contribution in [0.1, 0.15) is 72.4 Å². The maximum Gasteiger partial charge on any atom is 0.259 e. The molecule has 6 nitrogen and oxygen atoms in total. The molecule has 3 aromatic rings. The Morgan fingerprint density at radius 2 is 1.08 bits per heavy atom. The van der Waals surface area contributed by atoms with Crippen LogP contribution in [0.25, 0.3) is 0 Å². The standard InChI is InChI=1S/C30H36N2O4/c1-19(2)8-10-21-12-14-27(33)25(16-21)29(35)31-23-6-5-7-24(18-23)32-30(36)26-17-22(11-9-20(3)4)13-15-28(26)34/h5-7,12-20,33-34H,8-11H2,1-4H3,(H,31,35)(H,32,36). The zero-order chi connectivity index (χ0) is 26.2. The van der Waals surface area contributed by atoms with Gasteiger partial charge in [0.2, 0.25) is 0 Å². The number of phenolic OH excluding ortho intramolecular Hbond substituents is 2. The van der Waals surface area contributed by atoms with Gasteiger partial charge in [0, 0.05) is 11.4 Å². The van der Waals surface area contributed by atoms with Gasteiger partial charge in [0.1, 0.15) is 11.5 Å². The number of rotatable bonds is 10. The number of hydrogen-bond donors (Lipinski definition) is 4. The van der Waals surface area contributed by atoms with Crippen LogP contribution in [-0.2, 0) is 12.8 Å². The maximum atomic E-state index is 12.9. The number of nitrogens with one attached hydrogen (secondary N) is 2. The lowest BCUT2D eigenvalue weighted by molar-refractivity contribution is 0.101. The zero-order valence-corrected chi connectivity index (χ0v) is 21.5. The molecule has 190 valence electrons. The molecule has 4 N–H and O–H groups in total. The molecule has 0 saturated heterocycles. The fraction of sp³-hybridized carbons (Fsp3) is 0.333. The Labute approximate surface area is 213 Å². The van der Waals surface area contributed by atoms with Crippen LogP contribution in [0.5, 0.6) is 11.5 Å². The van der Waals surface area contributed by atoms with Crippen molar-refractivity contribution in [1.29, 1.82) is 0 Å². The predicted octanol–water partition coefficient (Wildman–Crippen LogP) is 6.78. The van der Waals surface area contributed by atoms with Gasteiger partial charge >= 0.3 is 0 Å². The number of amides is 2. The van der Waals surface area contributed by atoms with Crippen molar-refractivity contribution in [2.24, 2.45) is 11.8 Å². The fourth-order valence-corrected chi connectivity index (χ4v) is 3.82. The topological polar surface area (TPSA) is 98.7 Å². The van der Waals surface area contributed by atoms with E-state index in [0.717, 1.165) is 36.8 Å². The highest BCUT2D eigenvalue weighted by atomic mass is 16.3. The maximum absolute atomic E-state index is 12.9. The lowest BCUT2D eigenvalue weighted by atomic mass is 10.0. The molecule has 0 aliphatic rings. The van der Waals surface area contributed by atoms with Crippen LogP contribution in [-0.4, -0.2) is 22.0 Å². The third kappa shape index (κ3) is 7.60.